The first-order valence-corrected chi connectivity index (χ1v) is 13.0. The zero-order valence-corrected chi connectivity index (χ0v) is 19.4. The molecule has 0 aromatic carbocycles. The minimum atomic E-state index is -0.400. The summed E-state index contributed by atoms with van der Waals surface area (Å²) in [6, 6.07) is 0. The van der Waals surface area contributed by atoms with Gasteiger partial charge in [-0.1, -0.05) is 148 Å². The molecule has 0 saturated carbocycles. The van der Waals surface area contributed by atoms with Crippen molar-refractivity contribution in [3.8, 4) is 0 Å². The molecule has 1 amide bonds. The summed E-state index contributed by atoms with van der Waals surface area (Å²) >= 11 is 0. The van der Waals surface area contributed by atoms with E-state index in [9.17, 15) is 4.79 Å². The SMILES string of the molecule is CCCCCCCCCCCCCCCCCCCCCCCCCC([NH])=O. The molecule has 0 fully saturated rings. The Morgan fingerprint density at radius 2 is 0.643 bits per heavy atom. The normalized spacial score (nSPS) is 11.2. The molecule has 28 heavy (non-hydrogen) atoms. The predicted molar refractivity (Wildman–Crippen MR) is 125 cm³/mol. The van der Waals surface area contributed by atoms with Gasteiger partial charge in [0, 0.05) is 6.42 Å². The maximum atomic E-state index is 10.5. The smallest absolute Gasteiger partial charge is 0.238 e. The van der Waals surface area contributed by atoms with Crippen LogP contribution in [-0.2, 0) is 4.79 Å². The van der Waals surface area contributed by atoms with Gasteiger partial charge >= 0.3 is 0 Å². The van der Waals surface area contributed by atoms with Crippen molar-refractivity contribution >= 4 is 5.91 Å². The molecule has 2 heteroatoms. The second-order valence-electron chi connectivity index (χ2n) is 8.95. The van der Waals surface area contributed by atoms with Crippen LogP contribution in [0.5, 0.6) is 0 Å². The number of unbranched alkanes of at least 4 members (excludes halogenated alkanes) is 22. The Morgan fingerprint density at radius 1 is 0.429 bits per heavy atom. The average molecular weight is 395 g/mol. The first-order valence-electron chi connectivity index (χ1n) is 13.0. The number of amides is 1. The minimum absolute atomic E-state index is 0.400. The third-order valence-electron chi connectivity index (χ3n) is 6.01. The fourth-order valence-corrected chi connectivity index (χ4v) is 4.07. The lowest BCUT2D eigenvalue weighted by Gasteiger charge is -2.04. The molecule has 1 N–H and O–H groups in total. The second-order valence-corrected chi connectivity index (χ2v) is 8.95. The summed E-state index contributed by atoms with van der Waals surface area (Å²) in [7, 11) is 0. The first kappa shape index (κ1) is 27.5. The highest BCUT2D eigenvalue weighted by molar-refractivity contribution is 5.72. The summed E-state index contributed by atoms with van der Waals surface area (Å²) < 4.78 is 0. The summed E-state index contributed by atoms with van der Waals surface area (Å²) in [4.78, 5) is 10.5. The minimum Gasteiger partial charge on any atom is -0.273 e. The van der Waals surface area contributed by atoms with E-state index in [1.807, 2.05) is 0 Å². The zero-order valence-electron chi connectivity index (χ0n) is 19.4. The molecule has 167 valence electrons. The van der Waals surface area contributed by atoms with E-state index in [0.717, 1.165) is 12.8 Å². The van der Waals surface area contributed by atoms with Gasteiger partial charge < -0.3 is 0 Å². The third-order valence-corrected chi connectivity index (χ3v) is 6.01. The van der Waals surface area contributed by atoms with Gasteiger partial charge in [-0.2, -0.15) is 0 Å². The van der Waals surface area contributed by atoms with Gasteiger partial charge in [0.1, 0.15) is 0 Å². The van der Waals surface area contributed by atoms with Crippen molar-refractivity contribution in [2.45, 2.75) is 161 Å². The Labute approximate surface area is 177 Å². The van der Waals surface area contributed by atoms with Crippen LogP contribution in [0.1, 0.15) is 161 Å². The molecular weight excluding hydrogens is 342 g/mol. The lowest BCUT2D eigenvalue weighted by atomic mass is 10.0. The summed E-state index contributed by atoms with van der Waals surface area (Å²) in [5.41, 5.74) is 6.87. The van der Waals surface area contributed by atoms with Crippen LogP contribution in [-0.4, -0.2) is 5.91 Å². The van der Waals surface area contributed by atoms with E-state index >= 15 is 0 Å². The molecule has 0 aromatic heterocycles. The number of carbonyl (C=O) groups is 1. The van der Waals surface area contributed by atoms with Crippen molar-refractivity contribution in [1.82, 2.24) is 5.73 Å². The molecule has 0 saturated heterocycles. The van der Waals surface area contributed by atoms with Gasteiger partial charge in [0.05, 0.1) is 0 Å². The van der Waals surface area contributed by atoms with E-state index in [-0.39, 0.29) is 0 Å². The van der Waals surface area contributed by atoms with Crippen molar-refractivity contribution in [3.05, 3.63) is 0 Å². The topological polar surface area (TPSA) is 40.9 Å². The van der Waals surface area contributed by atoms with Crippen LogP contribution < -0.4 is 5.73 Å². The summed E-state index contributed by atoms with van der Waals surface area (Å²) in [6.07, 6.45) is 32.4. The monoisotopic (exact) mass is 394 g/mol. The zero-order chi connectivity index (χ0) is 20.5. The van der Waals surface area contributed by atoms with Crippen molar-refractivity contribution in [3.63, 3.8) is 0 Å². The van der Waals surface area contributed by atoms with Gasteiger partial charge in [0.25, 0.3) is 0 Å². The summed E-state index contributed by atoms with van der Waals surface area (Å²) in [5.74, 6) is -0.400. The molecule has 0 heterocycles. The molecule has 0 unspecified atom stereocenters. The van der Waals surface area contributed by atoms with E-state index in [1.165, 1.54) is 135 Å². The average Bonchev–Trinajstić information content (AvgIpc) is 2.68. The lowest BCUT2D eigenvalue weighted by molar-refractivity contribution is -0.118. The number of carbonyl (C=O) groups excluding carboxylic acids is 1. The van der Waals surface area contributed by atoms with Gasteiger partial charge in [-0.05, 0) is 6.42 Å². The number of hydrogen-bond acceptors (Lipinski definition) is 1. The summed E-state index contributed by atoms with van der Waals surface area (Å²) in [5, 5.41) is 0. The van der Waals surface area contributed by atoms with Gasteiger partial charge in [-0.3, -0.25) is 10.5 Å². The molecule has 0 spiro atoms. The van der Waals surface area contributed by atoms with Crippen LogP contribution in [0.3, 0.4) is 0 Å². The second kappa shape index (κ2) is 24.5. The molecule has 0 aliphatic rings. The quantitative estimate of drug-likeness (QED) is 0.150. The molecule has 1 radical (unpaired) electrons. The van der Waals surface area contributed by atoms with Crippen molar-refractivity contribution in [2.75, 3.05) is 0 Å². The molecule has 0 rings (SSSR count). The largest absolute Gasteiger partial charge is 0.273 e. The highest BCUT2D eigenvalue weighted by atomic mass is 16.1. The van der Waals surface area contributed by atoms with Gasteiger partial charge in [0.15, 0.2) is 0 Å². The fourth-order valence-electron chi connectivity index (χ4n) is 4.07. The van der Waals surface area contributed by atoms with Crippen LogP contribution in [0.15, 0.2) is 0 Å². The van der Waals surface area contributed by atoms with E-state index in [0.29, 0.717) is 6.42 Å². The van der Waals surface area contributed by atoms with Crippen LogP contribution in [0, 0.1) is 0 Å². The van der Waals surface area contributed by atoms with Gasteiger partial charge in [-0.25, -0.2) is 0 Å². The Kier molecular flexibility index (Phi) is 24.0. The molecule has 0 atom stereocenters. The highest BCUT2D eigenvalue weighted by Gasteiger charge is 1.97. The molecule has 0 aromatic rings. The lowest BCUT2D eigenvalue weighted by Crippen LogP contribution is -1.96. The van der Waals surface area contributed by atoms with Gasteiger partial charge in [-0.15, -0.1) is 0 Å². The molecule has 0 aliphatic heterocycles. The van der Waals surface area contributed by atoms with Crippen molar-refractivity contribution in [1.29, 1.82) is 0 Å². The van der Waals surface area contributed by atoms with Crippen molar-refractivity contribution < 1.29 is 4.79 Å². The van der Waals surface area contributed by atoms with Crippen LogP contribution in [0.25, 0.3) is 0 Å². The maximum absolute atomic E-state index is 10.5. The highest BCUT2D eigenvalue weighted by Crippen LogP contribution is 2.15. The summed E-state index contributed by atoms with van der Waals surface area (Å²) in [6.45, 7) is 2.29. The molecular formula is C26H52NO. The third kappa shape index (κ3) is 25.5. The van der Waals surface area contributed by atoms with E-state index in [1.54, 1.807) is 0 Å². The molecule has 0 bridgehead atoms. The number of nitrogens with one attached hydrogen (secondary N) is 1. The Hall–Kier alpha value is -0.530. The van der Waals surface area contributed by atoms with Crippen LogP contribution in [0.4, 0.5) is 0 Å². The van der Waals surface area contributed by atoms with Crippen molar-refractivity contribution in [2.24, 2.45) is 0 Å². The van der Waals surface area contributed by atoms with E-state index in [2.05, 4.69) is 6.92 Å². The van der Waals surface area contributed by atoms with Crippen LogP contribution >= 0.6 is 0 Å². The Morgan fingerprint density at radius 3 is 0.857 bits per heavy atom. The molecule has 0 aliphatic carbocycles. The number of hydrogen-bond donors (Lipinski definition) is 0. The Balaban J connectivity index is 2.99. The number of rotatable bonds is 24. The molecule has 2 nitrogen and oxygen atoms in total. The van der Waals surface area contributed by atoms with Crippen LogP contribution in [0.2, 0.25) is 0 Å². The predicted octanol–water partition coefficient (Wildman–Crippen LogP) is 9.18. The van der Waals surface area contributed by atoms with Gasteiger partial charge in [0.2, 0.25) is 5.91 Å². The first-order chi connectivity index (χ1) is 13.8. The van der Waals surface area contributed by atoms with E-state index in [4.69, 9.17) is 5.73 Å². The fraction of sp³-hybridized carbons (Fsp3) is 0.962. The Bertz CT molecular complexity index is 303. The standard InChI is InChI=1S/C26H52NO/c1-2-3-4-5-6-7-8-9-10-11-12-13-14-15-16-17-18-19-20-21-22-23-24-25-26(27)28/h27H,2-25H2,1H3. The van der Waals surface area contributed by atoms with E-state index < -0.39 is 5.91 Å². The maximum Gasteiger partial charge on any atom is 0.238 e.